The average molecular weight is 392 g/mol. The van der Waals surface area contributed by atoms with Crippen LogP contribution in [0.1, 0.15) is 64.7 Å². The Labute approximate surface area is 161 Å². The molecule has 0 aromatic heterocycles. The molecule has 7 heteroatoms. The number of rotatable bonds is 5. The molecule has 0 saturated heterocycles. The Morgan fingerprint density at radius 2 is 1.78 bits per heavy atom. The van der Waals surface area contributed by atoms with Gasteiger partial charge in [0, 0.05) is 24.1 Å². The van der Waals surface area contributed by atoms with E-state index >= 15 is 0 Å². The molecule has 27 heavy (non-hydrogen) atoms. The first-order chi connectivity index (χ1) is 13.0. The van der Waals surface area contributed by atoms with Crippen LogP contribution >= 0.6 is 0 Å². The van der Waals surface area contributed by atoms with Gasteiger partial charge in [0.25, 0.3) is 10.0 Å². The maximum atomic E-state index is 12.7. The van der Waals surface area contributed by atoms with E-state index < -0.39 is 10.0 Å². The lowest BCUT2D eigenvalue weighted by Crippen LogP contribution is -2.33. The molecule has 1 fully saturated rings. The smallest absolute Gasteiger partial charge is 0.262 e. The molecule has 3 rings (SSSR count). The topological polar surface area (TPSA) is 87.6 Å². The summed E-state index contributed by atoms with van der Waals surface area (Å²) in [5.41, 5.74) is 0.356. The Bertz CT molecular complexity index is 794. The van der Waals surface area contributed by atoms with Crippen molar-refractivity contribution in [3.05, 3.63) is 24.3 Å². The highest BCUT2D eigenvalue weighted by molar-refractivity contribution is 7.90. The summed E-state index contributed by atoms with van der Waals surface area (Å²) in [5, 5.41) is 2.97. The standard InChI is InChI=1S/C20H29N3O3S/c1-2-20(13-5-6-14-20)19(24)22-16-9-11-17(12-10-16)27(25,26)23-18-8-4-3-7-15-21-18/h9-12H,2-8,13-15H2,1H3,(H,21,23)(H,22,24). The van der Waals surface area contributed by atoms with Crippen molar-refractivity contribution >= 4 is 27.5 Å². The summed E-state index contributed by atoms with van der Waals surface area (Å²) in [4.78, 5) is 17.2. The van der Waals surface area contributed by atoms with Gasteiger partial charge in [-0.2, -0.15) is 0 Å². The number of benzene rings is 1. The lowest BCUT2D eigenvalue weighted by Gasteiger charge is -2.26. The summed E-state index contributed by atoms with van der Waals surface area (Å²) in [6.07, 6.45) is 8.54. The van der Waals surface area contributed by atoms with E-state index in [4.69, 9.17) is 0 Å². The van der Waals surface area contributed by atoms with Crippen LogP contribution in [-0.2, 0) is 14.8 Å². The molecule has 1 aliphatic heterocycles. The van der Waals surface area contributed by atoms with Crippen LogP contribution in [0.3, 0.4) is 0 Å². The second kappa shape index (κ2) is 8.42. The van der Waals surface area contributed by atoms with Crippen LogP contribution in [0, 0.1) is 5.41 Å². The van der Waals surface area contributed by atoms with Crippen molar-refractivity contribution in [3.63, 3.8) is 0 Å². The zero-order valence-electron chi connectivity index (χ0n) is 16.0. The van der Waals surface area contributed by atoms with E-state index in [-0.39, 0.29) is 16.2 Å². The molecule has 0 bridgehead atoms. The van der Waals surface area contributed by atoms with Crippen LogP contribution in [0.4, 0.5) is 5.69 Å². The average Bonchev–Trinajstić information content (AvgIpc) is 3.02. The predicted octanol–water partition coefficient (Wildman–Crippen LogP) is 3.85. The van der Waals surface area contributed by atoms with Crippen LogP contribution in [0.25, 0.3) is 0 Å². The lowest BCUT2D eigenvalue weighted by atomic mass is 9.82. The summed E-state index contributed by atoms with van der Waals surface area (Å²) >= 11 is 0. The minimum absolute atomic E-state index is 0.0454. The minimum atomic E-state index is -3.65. The fraction of sp³-hybridized carbons (Fsp3) is 0.600. The van der Waals surface area contributed by atoms with E-state index in [0.717, 1.165) is 51.4 Å². The van der Waals surface area contributed by atoms with E-state index in [1.165, 1.54) is 12.1 Å². The van der Waals surface area contributed by atoms with Crippen molar-refractivity contribution in [2.45, 2.75) is 69.6 Å². The number of nitrogens with one attached hydrogen (secondary N) is 2. The van der Waals surface area contributed by atoms with E-state index in [1.807, 2.05) is 0 Å². The van der Waals surface area contributed by atoms with Crippen molar-refractivity contribution in [2.24, 2.45) is 10.4 Å². The Kier molecular flexibility index (Phi) is 6.19. The summed E-state index contributed by atoms with van der Waals surface area (Å²) in [6, 6.07) is 6.37. The minimum Gasteiger partial charge on any atom is -0.326 e. The molecule has 0 unspecified atom stereocenters. The fourth-order valence-corrected chi connectivity index (χ4v) is 5.03. The van der Waals surface area contributed by atoms with E-state index in [0.29, 0.717) is 24.5 Å². The third kappa shape index (κ3) is 4.69. The molecular weight excluding hydrogens is 362 g/mol. The van der Waals surface area contributed by atoms with Gasteiger partial charge >= 0.3 is 0 Å². The highest BCUT2D eigenvalue weighted by atomic mass is 32.2. The number of hydrogen-bond acceptors (Lipinski definition) is 4. The van der Waals surface area contributed by atoms with Crippen molar-refractivity contribution < 1.29 is 13.2 Å². The number of amides is 1. The third-order valence-corrected chi connectivity index (χ3v) is 7.17. The molecule has 1 amide bonds. The van der Waals surface area contributed by atoms with Crippen LogP contribution in [-0.4, -0.2) is 26.7 Å². The van der Waals surface area contributed by atoms with Gasteiger partial charge in [-0.3, -0.25) is 14.5 Å². The number of hydrogen-bond donors (Lipinski definition) is 2. The maximum absolute atomic E-state index is 12.7. The number of amidine groups is 1. The van der Waals surface area contributed by atoms with Gasteiger partial charge in [-0.1, -0.05) is 26.2 Å². The van der Waals surface area contributed by atoms with Crippen LogP contribution in [0.15, 0.2) is 34.2 Å². The van der Waals surface area contributed by atoms with Gasteiger partial charge in [0.05, 0.1) is 4.90 Å². The van der Waals surface area contributed by atoms with E-state index in [9.17, 15) is 13.2 Å². The van der Waals surface area contributed by atoms with Gasteiger partial charge in [-0.15, -0.1) is 0 Å². The van der Waals surface area contributed by atoms with Gasteiger partial charge < -0.3 is 5.32 Å². The molecule has 0 atom stereocenters. The van der Waals surface area contributed by atoms with Gasteiger partial charge in [0.15, 0.2) is 0 Å². The molecular formula is C20H29N3O3S. The molecule has 1 heterocycles. The molecule has 0 spiro atoms. The molecule has 1 aromatic carbocycles. The van der Waals surface area contributed by atoms with Gasteiger partial charge in [-0.05, 0) is 56.4 Å². The quantitative estimate of drug-likeness (QED) is 0.799. The van der Waals surface area contributed by atoms with Crippen LogP contribution in [0.2, 0.25) is 0 Å². The monoisotopic (exact) mass is 391 g/mol. The highest BCUT2D eigenvalue weighted by Crippen LogP contribution is 2.41. The summed E-state index contributed by atoms with van der Waals surface area (Å²) < 4.78 is 27.8. The fourth-order valence-electron chi connectivity index (χ4n) is 3.95. The first-order valence-corrected chi connectivity index (χ1v) is 11.4. The predicted molar refractivity (Wildman–Crippen MR) is 107 cm³/mol. The number of nitrogens with zero attached hydrogens (tertiary/aromatic N) is 1. The summed E-state index contributed by atoms with van der Waals surface area (Å²) in [5.74, 6) is 0.583. The van der Waals surface area contributed by atoms with Gasteiger partial charge in [0.2, 0.25) is 5.91 Å². The lowest BCUT2D eigenvalue weighted by molar-refractivity contribution is -0.125. The Morgan fingerprint density at radius 3 is 2.44 bits per heavy atom. The molecule has 1 aromatic rings. The number of carbonyl (C=O) groups is 1. The molecule has 2 N–H and O–H groups in total. The van der Waals surface area contributed by atoms with Crippen molar-refractivity contribution in [2.75, 3.05) is 11.9 Å². The molecule has 0 radical (unpaired) electrons. The zero-order chi connectivity index (χ0) is 19.3. The number of carbonyl (C=O) groups excluding carboxylic acids is 1. The zero-order valence-corrected chi connectivity index (χ0v) is 16.8. The molecule has 2 aliphatic rings. The summed E-state index contributed by atoms with van der Waals surface area (Å²) in [7, 11) is -3.65. The second-order valence-electron chi connectivity index (χ2n) is 7.56. The highest BCUT2D eigenvalue weighted by Gasteiger charge is 2.39. The molecule has 1 saturated carbocycles. The van der Waals surface area contributed by atoms with E-state index in [2.05, 4.69) is 22.0 Å². The van der Waals surface area contributed by atoms with Crippen molar-refractivity contribution in [1.29, 1.82) is 0 Å². The second-order valence-corrected chi connectivity index (χ2v) is 9.25. The Hall–Kier alpha value is -1.89. The Morgan fingerprint density at radius 1 is 1.07 bits per heavy atom. The summed E-state index contributed by atoms with van der Waals surface area (Å²) in [6.45, 7) is 2.73. The van der Waals surface area contributed by atoms with Crippen molar-refractivity contribution in [3.8, 4) is 0 Å². The molecule has 6 nitrogen and oxygen atoms in total. The van der Waals surface area contributed by atoms with E-state index in [1.54, 1.807) is 12.1 Å². The van der Waals surface area contributed by atoms with Crippen LogP contribution < -0.4 is 10.0 Å². The van der Waals surface area contributed by atoms with Crippen LogP contribution in [0.5, 0.6) is 0 Å². The largest absolute Gasteiger partial charge is 0.326 e. The first kappa shape index (κ1) is 19.9. The molecule has 1 aliphatic carbocycles. The maximum Gasteiger partial charge on any atom is 0.262 e. The number of aliphatic imine (C=N–C) groups is 1. The SMILES string of the molecule is CCC1(C(=O)Nc2ccc(S(=O)(=O)NC3=NCCCCC3)cc2)CCCC1. The number of sulfonamides is 1. The normalized spacial score (nSPS) is 19.8. The molecule has 148 valence electrons. The number of anilines is 1. The van der Waals surface area contributed by atoms with Crippen molar-refractivity contribution in [1.82, 2.24) is 4.72 Å². The third-order valence-electron chi connectivity index (χ3n) is 5.77. The van der Waals surface area contributed by atoms with Gasteiger partial charge in [0.1, 0.15) is 5.84 Å². The first-order valence-electron chi connectivity index (χ1n) is 9.93. The van der Waals surface area contributed by atoms with Gasteiger partial charge in [-0.25, -0.2) is 8.42 Å². The Balaban J connectivity index is 1.67.